The van der Waals surface area contributed by atoms with Gasteiger partial charge in [-0.3, -0.25) is 14.4 Å². The van der Waals surface area contributed by atoms with Crippen molar-refractivity contribution >= 4 is 29.7 Å². The number of benzene rings is 1. The number of nitrogen functional groups attached to an aromatic ring is 1. The Morgan fingerprint density at radius 1 is 1.36 bits per heavy atom. The highest BCUT2D eigenvalue weighted by Crippen LogP contribution is 2.36. The Hall–Kier alpha value is -3.95. The van der Waals surface area contributed by atoms with E-state index >= 15 is 0 Å². The van der Waals surface area contributed by atoms with Gasteiger partial charge in [0.15, 0.2) is 11.5 Å². The summed E-state index contributed by atoms with van der Waals surface area (Å²) < 4.78 is 1.49. The molecule has 1 saturated carbocycles. The van der Waals surface area contributed by atoms with E-state index in [2.05, 4.69) is 41.7 Å². The smallest absolute Gasteiger partial charge is 0.259 e. The molecule has 5 rings (SSSR count). The normalized spacial score (nSPS) is 18.2. The second-order valence-electron chi connectivity index (χ2n) is 9.95. The van der Waals surface area contributed by atoms with E-state index in [0.29, 0.717) is 30.3 Å². The summed E-state index contributed by atoms with van der Waals surface area (Å²) in [5, 5.41) is 9.80. The molecule has 188 valence electrons. The van der Waals surface area contributed by atoms with Crippen molar-refractivity contribution in [2.75, 3.05) is 12.3 Å². The average molecular weight is 490 g/mol. The van der Waals surface area contributed by atoms with Crippen molar-refractivity contribution in [2.45, 2.75) is 58.7 Å². The first-order chi connectivity index (χ1) is 17.2. The number of nitrogens with one attached hydrogen (secondary N) is 2. The highest BCUT2D eigenvalue weighted by Gasteiger charge is 2.32. The first-order valence-corrected chi connectivity index (χ1v) is 12.3. The van der Waals surface area contributed by atoms with Crippen LogP contribution >= 0.6 is 0 Å². The maximum Gasteiger partial charge on any atom is 0.259 e. The van der Waals surface area contributed by atoms with Gasteiger partial charge in [0.2, 0.25) is 12.3 Å². The van der Waals surface area contributed by atoms with Gasteiger partial charge in [0.05, 0.1) is 11.7 Å². The topological polar surface area (TPSA) is 135 Å². The molecule has 0 bridgehead atoms. The van der Waals surface area contributed by atoms with Crippen LogP contribution in [-0.4, -0.2) is 56.4 Å². The van der Waals surface area contributed by atoms with E-state index in [9.17, 15) is 14.4 Å². The molecule has 1 aromatic carbocycles. The molecule has 0 spiro atoms. The first-order valence-electron chi connectivity index (χ1n) is 12.3. The summed E-state index contributed by atoms with van der Waals surface area (Å²) in [5.74, 6) is 0.147. The zero-order valence-corrected chi connectivity index (χ0v) is 20.7. The van der Waals surface area contributed by atoms with E-state index in [4.69, 9.17) is 10.7 Å². The number of nitrogens with two attached hydrogens (primary N) is 1. The zero-order chi connectivity index (χ0) is 25.6. The maximum atomic E-state index is 13.0. The van der Waals surface area contributed by atoms with Gasteiger partial charge in [0.1, 0.15) is 5.56 Å². The summed E-state index contributed by atoms with van der Waals surface area (Å²) in [4.78, 5) is 43.0. The fourth-order valence-electron chi connectivity index (χ4n) is 4.86. The van der Waals surface area contributed by atoms with Crippen LogP contribution in [0.15, 0.2) is 24.4 Å². The van der Waals surface area contributed by atoms with E-state index in [1.54, 1.807) is 6.20 Å². The Kier molecular flexibility index (Phi) is 6.11. The fraction of sp³-hybridized carbons (Fsp3) is 0.423. The van der Waals surface area contributed by atoms with E-state index < -0.39 is 5.91 Å². The van der Waals surface area contributed by atoms with Gasteiger partial charge in [0.25, 0.3) is 5.91 Å². The predicted octanol–water partition coefficient (Wildman–Crippen LogP) is 1.97. The molecule has 2 aromatic heterocycles. The quantitative estimate of drug-likeness (QED) is 0.414. The Balaban J connectivity index is 1.47. The van der Waals surface area contributed by atoms with Gasteiger partial charge >= 0.3 is 0 Å². The molecule has 10 nitrogen and oxygen atoms in total. The zero-order valence-electron chi connectivity index (χ0n) is 20.7. The van der Waals surface area contributed by atoms with Gasteiger partial charge in [0, 0.05) is 37.3 Å². The van der Waals surface area contributed by atoms with Crippen molar-refractivity contribution in [1.82, 2.24) is 30.1 Å². The van der Waals surface area contributed by atoms with Crippen molar-refractivity contribution in [3.8, 4) is 11.3 Å². The van der Waals surface area contributed by atoms with Crippen molar-refractivity contribution in [3.05, 3.63) is 46.6 Å². The van der Waals surface area contributed by atoms with Gasteiger partial charge in [-0.15, -0.1) is 5.10 Å². The second-order valence-corrected chi connectivity index (χ2v) is 9.95. The number of carbonyl (C=O) groups excluding carboxylic acids is 3. The van der Waals surface area contributed by atoms with Crippen molar-refractivity contribution in [3.63, 3.8) is 0 Å². The molecule has 10 heteroatoms. The maximum absolute atomic E-state index is 13.0. The largest absolute Gasteiger partial charge is 0.381 e. The van der Waals surface area contributed by atoms with E-state index in [1.807, 2.05) is 17.9 Å². The average Bonchev–Trinajstić information content (AvgIpc) is 3.54. The minimum atomic E-state index is -0.412. The number of hydrogen-bond donors (Lipinski definition) is 3. The predicted molar refractivity (Wildman–Crippen MR) is 135 cm³/mol. The van der Waals surface area contributed by atoms with Gasteiger partial charge < -0.3 is 21.3 Å². The Morgan fingerprint density at radius 3 is 2.81 bits per heavy atom. The summed E-state index contributed by atoms with van der Waals surface area (Å²) in [7, 11) is 0. The number of aromatic nitrogens is 3. The monoisotopic (exact) mass is 489 g/mol. The van der Waals surface area contributed by atoms with Crippen molar-refractivity contribution < 1.29 is 14.4 Å². The third-order valence-electron chi connectivity index (χ3n) is 7.44. The summed E-state index contributed by atoms with van der Waals surface area (Å²) in [6, 6.07) is 5.86. The Bertz CT molecular complexity index is 1360. The Morgan fingerprint density at radius 2 is 2.14 bits per heavy atom. The summed E-state index contributed by atoms with van der Waals surface area (Å²) in [6.45, 7) is 7.14. The summed E-state index contributed by atoms with van der Waals surface area (Å²) >= 11 is 0. The lowest BCUT2D eigenvalue weighted by Gasteiger charge is -2.26. The minimum Gasteiger partial charge on any atom is -0.381 e. The van der Waals surface area contributed by atoms with Crippen LogP contribution in [0.1, 0.15) is 53.2 Å². The van der Waals surface area contributed by atoms with Gasteiger partial charge in [-0.25, -0.2) is 9.50 Å². The lowest BCUT2D eigenvalue weighted by atomic mass is 9.97. The number of anilines is 1. The molecule has 36 heavy (non-hydrogen) atoms. The molecule has 1 saturated heterocycles. The van der Waals surface area contributed by atoms with Gasteiger partial charge in [-0.2, -0.15) is 0 Å². The van der Waals surface area contributed by atoms with Crippen LogP contribution in [-0.2, 0) is 16.1 Å². The number of nitrogens with zero attached hydrogens (tertiary/aromatic N) is 4. The van der Waals surface area contributed by atoms with E-state index in [1.165, 1.54) is 17.4 Å². The van der Waals surface area contributed by atoms with Crippen LogP contribution in [0.3, 0.4) is 0 Å². The van der Waals surface area contributed by atoms with Gasteiger partial charge in [-0.05, 0) is 74.4 Å². The molecule has 1 aliphatic carbocycles. The van der Waals surface area contributed by atoms with Crippen LogP contribution in [0.5, 0.6) is 0 Å². The Labute approximate surface area is 209 Å². The molecule has 3 amide bonds. The summed E-state index contributed by atoms with van der Waals surface area (Å²) in [6.07, 6.45) is 5.25. The molecule has 2 aliphatic rings. The van der Waals surface area contributed by atoms with E-state index in [0.717, 1.165) is 28.7 Å². The number of aryl methyl sites for hydroxylation is 1. The van der Waals surface area contributed by atoms with E-state index in [-0.39, 0.29) is 35.8 Å². The van der Waals surface area contributed by atoms with Crippen LogP contribution in [0, 0.1) is 19.8 Å². The highest BCUT2D eigenvalue weighted by molar-refractivity contribution is 6.04. The standard InChI is InChI=1S/C26H31N7O3/c1-14-8-18(9-19(15(14)2)12-32(13-34)16(3)17-4-5-17)21-6-7-33-25(30-21)23(24(27)31-33)26(36)29-20-10-22(35)28-11-20/h6-9,13,16-17,20H,4-5,10-12H2,1-3H3,(H2,27,31)(H,28,35)(H,29,36). The fourth-order valence-corrected chi connectivity index (χ4v) is 4.86. The number of hydrogen-bond acceptors (Lipinski definition) is 6. The van der Waals surface area contributed by atoms with Gasteiger partial charge in [-0.1, -0.05) is 0 Å². The third-order valence-corrected chi connectivity index (χ3v) is 7.44. The molecular weight excluding hydrogens is 458 g/mol. The number of amides is 3. The molecule has 3 aromatic rings. The molecule has 0 radical (unpaired) electrons. The van der Waals surface area contributed by atoms with Crippen LogP contribution < -0.4 is 16.4 Å². The van der Waals surface area contributed by atoms with Crippen LogP contribution in [0.25, 0.3) is 16.9 Å². The second kappa shape index (κ2) is 9.25. The number of fused-ring (bicyclic) bond motifs is 1. The molecular formula is C26H31N7O3. The first kappa shape index (κ1) is 23.8. The highest BCUT2D eigenvalue weighted by atomic mass is 16.2. The third kappa shape index (κ3) is 4.50. The molecule has 4 N–H and O–H groups in total. The van der Waals surface area contributed by atoms with Crippen LogP contribution in [0.4, 0.5) is 5.82 Å². The van der Waals surface area contributed by atoms with Crippen molar-refractivity contribution in [1.29, 1.82) is 0 Å². The molecule has 2 fully saturated rings. The SMILES string of the molecule is Cc1cc(-c2ccn3nc(N)c(C(=O)NC4CNC(=O)C4)c3n2)cc(CN(C=O)C(C)C2CC2)c1C. The molecule has 3 heterocycles. The lowest BCUT2D eigenvalue weighted by Crippen LogP contribution is -2.36. The van der Waals surface area contributed by atoms with Crippen molar-refractivity contribution in [2.24, 2.45) is 5.92 Å². The molecule has 2 atom stereocenters. The molecule has 1 aliphatic heterocycles. The lowest BCUT2D eigenvalue weighted by molar-refractivity contribution is -0.121. The molecule has 2 unspecified atom stereocenters. The minimum absolute atomic E-state index is 0.0749. The number of rotatable bonds is 8. The number of carbonyl (C=O) groups is 3. The van der Waals surface area contributed by atoms with Crippen LogP contribution in [0.2, 0.25) is 0 Å². The summed E-state index contributed by atoms with van der Waals surface area (Å²) in [5.41, 5.74) is 11.5.